The fourth-order valence-electron chi connectivity index (χ4n) is 6.32. The van der Waals surface area contributed by atoms with Gasteiger partial charge in [0.25, 0.3) is 5.91 Å². The lowest BCUT2D eigenvalue weighted by molar-refractivity contribution is -0.0274. The molecular formula is C38H45ClN4O4. The number of ether oxygens (including phenoxy) is 1. The van der Waals surface area contributed by atoms with Crippen LogP contribution in [-0.2, 0) is 13.0 Å². The fourth-order valence-corrected chi connectivity index (χ4v) is 6.49. The maximum Gasteiger partial charge on any atom is 0.274 e. The first-order chi connectivity index (χ1) is 22.8. The smallest absolute Gasteiger partial charge is 0.274 e. The molecule has 1 aromatic heterocycles. The summed E-state index contributed by atoms with van der Waals surface area (Å²) in [6.07, 6.45) is 6.17. The van der Waals surface area contributed by atoms with Gasteiger partial charge in [-0.05, 0) is 85.4 Å². The van der Waals surface area contributed by atoms with Crippen molar-refractivity contribution in [2.75, 3.05) is 20.2 Å². The number of aromatic nitrogens is 2. The molecule has 1 amide bonds. The number of amides is 1. The maximum absolute atomic E-state index is 13.7. The van der Waals surface area contributed by atoms with Gasteiger partial charge in [0.1, 0.15) is 12.0 Å². The van der Waals surface area contributed by atoms with Crippen LogP contribution in [-0.4, -0.2) is 61.9 Å². The van der Waals surface area contributed by atoms with Crippen molar-refractivity contribution in [1.82, 2.24) is 19.6 Å². The van der Waals surface area contributed by atoms with Crippen LogP contribution in [0.25, 0.3) is 16.8 Å². The Morgan fingerprint density at radius 1 is 1.06 bits per heavy atom. The second-order valence-electron chi connectivity index (χ2n) is 12.1. The van der Waals surface area contributed by atoms with Crippen LogP contribution in [0.2, 0.25) is 5.02 Å². The van der Waals surface area contributed by atoms with Crippen LogP contribution < -0.4 is 4.74 Å². The van der Waals surface area contributed by atoms with E-state index >= 15 is 0 Å². The van der Waals surface area contributed by atoms with Crippen molar-refractivity contribution in [1.29, 1.82) is 0 Å². The van der Waals surface area contributed by atoms with Crippen molar-refractivity contribution in [2.24, 2.45) is 0 Å². The monoisotopic (exact) mass is 656 g/mol. The number of hydrogen-bond acceptors (Lipinski definition) is 6. The zero-order valence-electron chi connectivity index (χ0n) is 27.7. The van der Waals surface area contributed by atoms with E-state index in [0.29, 0.717) is 53.8 Å². The Kier molecular flexibility index (Phi) is 11.4. The number of rotatable bonds is 13. The number of benzene rings is 3. The number of nitrogens with zero attached hydrogens (tertiary/aromatic N) is 4. The molecular weight excluding hydrogens is 612 g/mol. The van der Waals surface area contributed by atoms with Gasteiger partial charge in [-0.2, -0.15) is 5.10 Å². The fraction of sp³-hybridized carbons (Fsp3) is 0.368. The summed E-state index contributed by atoms with van der Waals surface area (Å²) in [7, 11) is 1.61. The molecule has 1 aliphatic heterocycles. The summed E-state index contributed by atoms with van der Waals surface area (Å²) in [6, 6.07) is 21.0. The number of unbranched alkanes of at least 4 members (excludes halogenated alkanes) is 2. The minimum Gasteiger partial charge on any atom is -0.516 e. The molecule has 5 rings (SSSR count). The van der Waals surface area contributed by atoms with Crippen molar-refractivity contribution in [3.8, 4) is 22.6 Å². The number of halogens is 1. The van der Waals surface area contributed by atoms with Crippen LogP contribution >= 0.6 is 11.6 Å². The van der Waals surface area contributed by atoms with Crippen molar-refractivity contribution >= 4 is 17.5 Å². The number of aliphatic hydroxyl groups excluding tert-OH is 2. The van der Waals surface area contributed by atoms with E-state index in [2.05, 4.69) is 26.0 Å². The predicted octanol–water partition coefficient (Wildman–Crippen LogP) is 8.04. The van der Waals surface area contributed by atoms with Crippen molar-refractivity contribution in [2.45, 2.75) is 71.7 Å². The normalized spacial score (nSPS) is 15.5. The van der Waals surface area contributed by atoms with Crippen LogP contribution in [0.5, 0.6) is 5.75 Å². The summed E-state index contributed by atoms with van der Waals surface area (Å²) < 4.78 is 7.42. The average Bonchev–Trinajstić information content (AvgIpc) is 3.48. The first-order valence-corrected chi connectivity index (χ1v) is 16.8. The van der Waals surface area contributed by atoms with Gasteiger partial charge in [0.15, 0.2) is 5.69 Å². The van der Waals surface area contributed by atoms with Crippen LogP contribution in [0, 0.1) is 6.92 Å². The SMILES string of the molecule is CCCCN(CCCC)C(=O)c1cc(C)n(-c2ccc(-c3cc(Cl)ccc3OC)cc2C(O)N2Cc3ccccc3CC2/C=C/O)n1. The summed E-state index contributed by atoms with van der Waals surface area (Å²) >= 11 is 6.42. The molecule has 0 radical (unpaired) electrons. The van der Waals surface area contributed by atoms with Gasteiger partial charge < -0.3 is 19.8 Å². The molecule has 0 saturated heterocycles. The van der Waals surface area contributed by atoms with E-state index < -0.39 is 6.23 Å². The predicted molar refractivity (Wildman–Crippen MR) is 187 cm³/mol. The first kappa shape index (κ1) is 34.2. The molecule has 248 valence electrons. The second kappa shape index (κ2) is 15.7. The van der Waals surface area contributed by atoms with Gasteiger partial charge in [0.2, 0.25) is 0 Å². The van der Waals surface area contributed by atoms with Crippen LogP contribution in [0.1, 0.15) is 78.6 Å². The number of methoxy groups -OCH3 is 1. The third-order valence-electron chi connectivity index (χ3n) is 8.91. The molecule has 0 fully saturated rings. The van der Waals surface area contributed by atoms with Gasteiger partial charge in [-0.15, -0.1) is 0 Å². The molecule has 0 bridgehead atoms. The van der Waals surface area contributed by atoms with E-state index in [1.807, 2.05) is 65.3 Å². The van der Waals surface area contributed by atoms with Gasteiger partial charge in [-0.1, -0.05) is 68.6 Å². The molecule has 2 unspecified atom stereocenters. The molecule has 9 heteroatoms. The Labute approximate surface area is 282 Å². The molecule has 2 heterocycles. The number of fused-ring (bicyclic) bond motifs is 1. The Hall–Kier alpha value is -4.11. The molecule has 8 nitrogen and oxygen atoms in total. The molecule has 2 N–H and O–H groups in total. The minimum absolute atomic E-state index is 0.0862. The van der Waals surface area contributed by atoms with Crippen molar-refractivity contribution in [3.05, 3.63) is 112 Å². The number of carbonyl (C=O) groups is 1. The van der Waals surface area contributed by atoms with Gasteiger partial charge in [-0.25, -0.2) is 4.68 Å². The Morgan fingerprint density at radius 2 is 1.79 bits per heavy atom. The zero-order chi connectivity index (χ0) is 33.5. The highest BCUT2D eigenvalue weighted by Gasteiger charge is 2.32. The maximum atomic E-state index is 13.7. The van der Waals surface area contributed by atoms with Gasteiger partial charge in [-0.3, -0.25) is 9.69 Å². The number of aliphatic hydroxyl groups is 2. The molecule has 4 aromatic rings. The van der Waals surface area contributed by atoms with Gasteiger partial charge in [0, 0.05) is 47.5 Å². The number of hydrogen-bond donors (Lipinski definition) is 2. The lowest BCUT2D eigenvalue weighted by atomic mass is 9.92. The Morgan fingerprint density at radius 3 is 2.47 bits per heavy atom. The molecule has 0 saturated carbocycles. The van der Waals surface area contributed by atoms with E-state index in [4.69, 9.17) is 21.4 Å². The quantitative estimate of drug-likeness (QED) is 0.142. The third-order valence-corrected chi connectivity index (χ3v) is 9.15. The first-order valence-electron chi connectivity index (χ1n) is 16.4. The van der Waals surface area contributed by atoms with Gasteiger partial charge >= 0.3 is 0 Å². The molecule has 0 spiro atoms. The lowest BCUT2D eigenvalue weighted by Gasteiger charge is -2.39. The molecule has 0 aliphatic carbocycles. The van der Waals surface area contributed by atoms with E-state index in [1.54, 1.807) is 23.9 Å². The largest absolute Gasteiger partial charge is 0.516 e. The number of aryl methyl sites for hydroxylation is 1. The summed E-state index contributed by atoms with van der Waals surface area (Å²) in [5, 5.41) is 27.5. The lowest BCUT2D eigenvalue weighted by Crippen LogP contribution is -2.42. The van der Waals surface area contributed by atoms with E-state index in [-0.39, 0.29) is 11.9 Å². The van der Waals surface area contributed by atoms with Crippen LogP contribution in [0.4, 0.5) is 0 Å². The Bertz CT molecular complexity index is 1710. The standard InChI is InChI=1S/C38H45ClN4O4/c1-5-7-18-41(19-8-6-2)38(46)34-21-26(3)43(40-34)35-15-13-28(32-24-30(39)14-16-36(32)47-4)23-33(35)37(45)42-25-29-12-10-9-11-27(29)22-31(42)17-20-44/h9-17,20-21,23-24,31,37,44-45H,5-8,18-19,22,25H2,1-4H3/b20-17+. The highest BCUT2D eigenvalue weighted by molar-refractivity contribution is 6.31. The van der Waals surface area contributed by atoms with E-state index in [9.17, 15) is 15.0 Å². The topological polar surface area (TPSA) is 91.1 Å². The Balaban J connectivity index is 1.62. The zero-order valence-corrected chi connectivity index (χ0v) is 28.5. The minimum atomic E-state index is -1.09. The van der Waals surface area contributed by atoms with Crippen molar-refractivity contribution in [3.63, 3.8) is 0 Å². The highest BCUT2D eigenvalue weighted by atomic mass is 35.5. The highest BCUT2D eigenvalue weighted by Crippen LogP contribution is 2.38. The second-order valence-corrected chi connectivity index (χ2v) is 12.6. The van der Waals surface area contributed by atoms with Crippen LogP contribution in [0.3, 0.4) is 0 Å². The summed E-state index contributed by atoms with van der Waals surface area (Å²) in [5.41, 5.74) is 6.29. The van der Waals surface area contributed by atoms with Gasteiger partial charge in [0.05, 0.1) is 19.1 Å². The third kappa shape index (κ3) is 7.56. The van der Waals surface area contributed by atoms with Crippen LogP contribution in [0.15, 0.2) is 79.1 Å². The molecule has 47 heavy (non-hydrogen) atoms. The molecule has 1 aliphatic rings. The molecule has 3 aromatic carbocycles. The van der Waals surface area contributed by atoms with Crippen molar-refractivity contribution < 1.29 is 19.7 Å². The summed E-state index contributed by atoms with van der Waals surface area (Å²) in [6.45, 7) is 8.03. The summed E-state index contributed by atoms with van der Waals surface area (Å²) in [5.74, 6) is 0.565. The molecule has 2 atom stereocenters. The average molecular weight is 657 g/mol. The summed E-state index contributed by atoms with van der Waals surface area (Å²) in [4.78, 5) is 17.6. The van der Waals surface area contributed by atoms with E-state index in [0.717, 1.165) is 54.3 Å². The van der Waals surface area contributed by atoms with E-state index in [1.165, 1.54) is 5.56 Å². The number of carbonyl (C=O) groups excluding carboxylic acids is 1.